The SMILES string of the molecule is CCC1CNC(C)(C)CN1Cc1ccncc1. The summed E-state index contributed by atoms with van der Waals surface area (Å²) in [5, 5.41) is 3.62. The molecule has 1 N–H and O–H groups in total. The van der Waals surface area contributed by atoms with E-state index in [0.29, 0.717) is 6.04 Å². The molecule has 1 saturated heterocycles. The Morgan fingerprint density at radius 2 is 2.12 bits per heavy atom. The van der Waals surface area contributed by atoms with Gasteiger partial charge in [0.05, 0.1) is 0 Å². The summed E-state index contributed by atoms with van der Waals surface area (Å²) < 4.78 is 0. The van der Waals surface area contributed by atoms with Gasteiger partial charge in [0.25, 0.3) is 0 Å². The zero-order valence-corrected chi connectivity index (χ0v) is 11.1. The smallest absolute Gasteiger partial charge is 0.0271 e. The summed E-state index contributed by atoms with van der Waals surface area (Å²) in [6.07, 6.45) is 4.96. The molecule has 0 radical (unpaired) electrons. The topological polar surface area (TPSA) is 28.2 Å². The molecule has 3 heteroatoms. The second-order valence-corrected chi connectivity index (χ2v) is 5.59. The van der Waals surface area contributed by atoms with E-state index in [9.17, 15) is 0 Å². The molecule has 1 aromatic rings. The quantitative estimate of drug-likeness (QED) is 0.866. The molecule has 0 bridgehead atoms. The Morgan fingerprint density at radius 3 is 2.76 bits per heavy atom. The first kappa shape index (κ1) is 12.5. The van der Waals surface area contributed by atoms with Crippen molar-refractivity contribution in [2.24, 2.45) is 0 Å². The molecule has 1 unspecified atom stereocenters. The molecule has 2 heterocycles. The van der Waals surface area contributed by atoms with Crippen LogP contribution in [0.25, 0.3) is 0 Å². The van der Waals surface area contributed by atoms with Crippen molar-refractivity contribution >= 4 is 0 Å². The van der Waals surface area contributed by atoms with E-state index in [1.54, 1.807) is 0 Å². The maximum atomic E-state index is 4.08. The number of nitrogens with one attached hydrogen (secondary N) is 1. The minimum Gasteiger partial charge on any atom is -0.309 e. The molecule has 1 aliphatic rings. The number of aromatic nitrogens is 1. The van der Waals surface area contributed by atoms with Gasteiger partial charge in [-0.2, -0.15) is 0 Å². The zero-order valence-electron chi connectivity index (χ0n) is 11.1. The van der Waals surface area contributed by atoms with Gasteiger partial charge in [0.1, 0.15) is 0 Å². The standard InChI is InChI=1S/C14H23N3/c1-4-13-9-16-14(2,3)11-17(13)10-12-5-7-15-8-6-12/h5-8,13,16H,4,9-11H2,1-3H3. The van der Waals surface area contributed by atoms with Crippen molar-refractivity contribution in [1.29, 1.82) is 0 Å². The van der Waals surface area contributed by atoms with Crippen molar-refractivity contribution in [3.8, 4) is 0 Å². The maximum absolute atomic E-state index is 4.08. The van der Waals surface area contributed by atoms with Crippen LogP contribution >= 0.6 is 0 Å². The lowest BCUT2D eigenvalue weighted by Crippen LogP contribution is -2.60. The van der Waals surface area contributed by atoms with Crippen molar-refractivity contribution in [2.45, 2.75) is 45.3 Å². The van der Waals surface area contributed by atoms with Crippen LogP contribution in [-0.2, 0) is 6.54 Å². The van der Waals surface area contributed by atoms with Gasteiger partial charge in [-0.05, 0) is 38.0 Å². The Balaban J connectivity index is 2.06. The van der Waals surface area contributed by atoms with Crippen molar-refractivity contribution in [2.75, 3.05) is 13.1 Å². The van der Waals surface area contributed by atoms with E-state index in [2.05, 4.69) is 48.1 Å². The van der Waals surface area contributed by atoms with E-state index in [4.69, 9.17) is 0 Å². The highest BCUT2D eigenvalue weighted by atomic mass is 15.2. The van der Waals surface area contributed by atoms with Crippen molar-refractivity contribution < 1.29 is 0 Å². The van der Waals surface area contributed by atoms with Crippen LogP contribution in [-0.4, -0.2) is 34.6 Å². The average Bonchev–Trinajstić information content (AvgIpc) is 2.30. The number of pyridine rings is 1. The molecule has 1 fully saturated rings. The van der Waals surface area contributed by atoms with Gasteiger partial charge in [0, 0.05) is 43.6 Å². The molecule has 0 aromatic carbocycles. The highest BCUT2D eigenvalue weighted by molar-refractivity contribution is 5.10. The number of hydrogen-bond donors (Lipinski definition) is 1. The normalized spacial score (nSPS) is 24.8. The van der Waals surface area contributed by atoms with Crippen LogP contribution in [0.4, 0.5) is 0 Å². The van der Waals surface area contributed by atoms with Gasteiger partial charge in [0.15, 0.2) is 0 Å². The third-order valence-corrected chi connectivity index (χ3v) is 3.54. The fourth-order valence-electron chi connectivity index (χ4n) is 2.53. The number of hydrogen-bond acceptors (Lipinski definition) is 3. The predicted octanol–water partition coefficient (Wildman–Crippen LogP) is 2.04. The van der Waals surface area contributed by atoms with Crippen LogP contribution in [0.5, 0.6) is 0 Å². The van der Waals surface area contributed by atoms with Gasteiger partial charge < -0.3 is 5.32 Å². The van der Waals surface area contributed by atoms with E-state index in [0.717, 1.165) is 19.6 Å². The van der Waals surface area contributed by atoms with E-state index < -0.39 is 0 Å². The van der Waals surface area contributed by atoms with E-state index in [-0.39, 0.29) is 5.54 Å². The van der Waals surface area contributed by atoms with Crippen LogP contribution in [0.2, 0.25) is 0 Å². The van der Waals surface area contributed by atoms with E-state index >= 15 is 0 Å². The van der Waals surface area contributed by atoms with Crippen LogP contribution < -0.4 is 5.32 Å². The number of rotatable bonds is 3. The summed E-state index contributed by atoms with van der Waals surface area (Å²) in [4.78, 5) is 6.66. The maximum Gasteiger partial charge on any atom is 0.0271 e. The van der Waals surface area contributed by atoms with Crippen molar-refractivity contribution in [3.05, 3.63) is 30.1 Å². The Morgan fingerprint density at radius 1 is 1.41 bits per heavy atom. The molecule has 2 rings (SSSR count). The Kier molecular flexibility index (Phi) is 3.79. The van der Waals surface area contributed by atoms with Crippen molar-refractivity contribution in [1.82, 2.24) is 15.2 Å². The Labute approximate surface area is 104 Å². The second kappa shape index (κ2) is 5.15. The molecule has 0 amide bonds. The Hall–Kier alpha value is -0.930. The van der Waals surface area contributed by atoms with Crippen LogP contribution in [0.15, 0.2) is 24.5 Å². The average molecular weight is 233 g/mol. The van der Waals surface area contributed by atoms with Crippen LogP contribution in [0.1, 0.15) is 32.8 Å². The molecule has 1 aliphatic heterocycles. The molecule has 94 valence electrons. The minimum atomic E-state index is 0.221. The third kappa shape index (κ3) is 3.27. The summed E-state index contributed by atoms with van der Waals surface area (Å²) in [6.45, 7) is 10.1. The molecule has 17 heavy (non-hydrogen) atoms. The molecule has 1 atom stereocenters. The van der Waals surface area contributed by atoms with Gasteiger partial charge in [-0.3, -0.25) is 9.88 Å². The fourth-order valence-corrected chi connectivity index (χ4v) is 2.53. The summed E-state index contributed by atoms with van der Waals surface area (Å²) in [7, 11) is 0. The summed E-state index contributed by atoms with van der Waals surface area (Å²) in [5.74, 6) is 0. The molecule has 1 aromatic heterocycles. The van der Waals surface area contributed by atoms with Crippen LogP contribution in [0.3, 0.4) is 0 Å². The van der Waals surface area contributed by atoms with Gasteiger partial charge in [-0.25, -0.2) is 0 Å². The highest BCUT2D eigenvalue weighted by Crippen LogP contribution is 2.19. The van der Waals surface area contributed by atoms with Gasteiger partial charge in [-0.15, -0.1) is 0 Å². The number of nitrogens with zero attached hydrogens (tertiary/aromatic N) is 2. The molecular weight excluding hydrogens is 210 g/mol. The first-order valence-corrected chi connectivity index (χ1v) is 6.49. The molecule has 3 nitrogen and oxygen atoms in total. The lowest BCUT2D eigenvalue weighted by molar-refractivity contribution is 0.0858. The van der Waals surface area contributed by atoms with Gasteiger partial charge in [-0.1, -0.05) is 6.92 Å². The summed E-state index contributed by atoms with van der Waals surface area (Å²) in [5.41, 5.74) is 1.58. The molecule has 0 saturated carbocycles. The zero-order chi connectivity index (χ0) is 12.3. The van der Waals surface area contributed by atoms with E-state index in [1.807, 2.05) is 12.4 Å². The largest absolute Gasteiger partial charge is 0.309 e. The first-order chi connectivity index (χ1) is 8.11. The lowest BCUT2D eigenvalue weighted by atomic mass is 9.97. The van der Waals surface area contributed by atoms with Gasteiger partial charge in [0.2, 0.25) is 0 Å². The second-order valence-electron chi connectivity index (χ2n) is 5.59. The molecule has 0 aliphatic carbocycles. The summed E-state index contributed by atoms with van der Waals surface area (Å²) >= 11 is 0. The first-order valence-electron chi connectivity index (χ1n) is 6.49. The minimum absolute atomic E-state index is 0.221. The predicted molar refractivity (Wildman–Crippen MR) is 70.8 cm³/mol. The highest BCUT2D eigenvalue weighted by Gasteiger charge is 2.31. The number of piperazine rings is 1. The van der Waals surface area contributed by atoms with Crippen LogP contribution in [0, 0.1) is 0 Å². The van der Waals surface area contributed by atoms with Crippen molar-refractivity contribution in [3.63, 3.8) is 0 Å². The molecule has 0 spiro atoms. The van der Waals surface area contributed by atoms with Gasteiger partial charge >= 0.3 is 0 Å². The lowest BCUT2D eigenvalue weighted by Gasteiger charge is -2.44. The monoisotopic (exact) mass is 233 g/mol. The Bertz CT molecular complexity index is 348. The fraction of sp³-hybridized carbons (Fsp3) is 0.643. The van der Waals surface area contributed by atoms with E-state index in [1.165, 1.54) is 12.0 Å². The third-order valence-electron chi connectivity index (χ3n) is 3.54. The summed E-state index contributed by atoms with van der Waals surface area (Å²) in [6, 6.07) is 4.87. The molecular formula is C14H23N3.